The van der Waals surface area contributed by atoms with E-state index >= 15 is 0 Å². The highest BCUT2D eigenvalue weighted by molar-refractivity contribution is 14.0. The average Bonchev–Trinajstić information content (AvgIpc) is 2.86. The predicted octanol–water partition coefficient (Wildman–Crippen LogP) is 0.143. The van der Waals surface area contributed by atoms with Crippen LogP contribution in [-0.2, 0) is 11.3 Å². The summed E-state index contributed by atoms with van der Waals surface area (Å²) < 4.78 is 10.4. The molecule has 1 aliphatic heterocycles. The normalized spacial score (nSPS) is 16.0. The number of guanidine groups is 1. The van der Waals surface area contributed by atoms with Gasteiger partial charge in [-0.3, -0.25) is 4.79 Å². The molecule has 7 nitrogen and oxygen atoms in total. The van der Waals surface area contributed by atoms with Crippen molar-refractivity contribution in [3.05, 3.63) is 23.7 Å². The van der Waals surface area contributed by atoms with Crippen LogP contribution in [0, 0.1) is 0 Å². The van der Waals surface area contributed by atoms with Crippen molar-refractivity contribution in [2.75, 3.05) is 26.3 Å². The SMILES string of the molecule is I.NC(=O)c1ccc(CN=C(N)N2CCOCC2)o1. The lowest BCUT2D eigenvalue weighted by Crippen LogP contribution is -2.44. The van der Waals surface area contributed by atoms with Crippen LogP contribution >= 0.6 is 24.0 Å². The Labute approximate surface area is 128 Å². The number of aliphatic imine (C=N–C) groups is 1. The number of ether oxygens (including phenoxy) is 1. The molecule has 2 rings (SSSR count). The van der Waals surface area contributed by atoms with Gasteiger partial charge in [-0.2, -0.15) is 0 Å². The molecule has 1 fully saturated rings. The maximum atomic E-state index is 10.8. The minimum Gasteiger partial charge on any atom is -0.454 e. The third-order valence-corrected chi connectivity index (χ3v) is 2.64. The number of rotatable bonds is 3. The second-order valence-electron chi connectivity index (χ2n) is 3.90. The van der Waals surface area contributed by atoms with Gasteiger partial charge in [-0.15, -0.1) is 24.0 Å². The molecule has 1 saturated heterocycles. The van der Waals surface area contributed by atoms with E-state index in [1.165, 1.54) is 6.07 Å². The van der Waals surface area contributed by atoms with Gasteiger partial charge in [0.25, 0.3) is 5.91 Å². The standard InChI is InChI=1S/C11H16N4O3.HI/c12-10(16)9-2-1-8(18-9)7-14-11(13)15-3-5-17-6-4-15;/h1-2H,3-7H2,(H2,12,16)(H2,13,14);1H. The zero-order chi connectivity index (χ0) is 13.0. The van der Waals surface area contributed by atoms with E-state index in [0.29, 0.717) is 24.9 Å². The summed E-state index contributed by atoms with van der Waals surface area (Å²) in [6.07, 6.45) is 0. The molecule has 0 spiro atoms. The van der Waals surface area contributed by atoms with Crippen LogP contribution in [0.2, 0.25) is 0 Å². The van der Waals surface area contributed by atoms with Crippen LogP contribution < -0.4 is 11.5 Å². The minimum atomic E-state index is -0.591. The highest BCUT2D eigenvalue weighted by atomic mass is 127. The van der Waals surface area contributed by atoms with Crippen molar-refractivity contribution >= 4 is 35.8 Å². The van der Waals surface area contributed by atoms with Gasteiger partial charge in [-0.05, 0) is 12.1 Å². The number of carbonyl (C=O) groups excluding carboxylic acids is 1. The Bertz CT molecular complexity index is 455. The molecule has 0 radical (unpaired) electrons. The van der Waals surface area contributed by atoms with Crippen LogP contribution in [0.1, 0.15) is 16.3 Å². The number of morpholine rings is 1. The Hall–Kier alpha value is -1.29. The molecule has 0 saturated carbocycles. The summed E-state index contributed by atoms with van der Waals surface area (Å²) in [4.78, 5) is 17.0. The smallest absolute Gasteiger partial charge is 0.284 e. The van der Waals surface area contributed by atoms with Crippen molar-refractivity contribution < 1.29 is 13.9 Å². The number of carbonyl (C=O) groups is 1. The number of furan rings is 1. The number of primary amides is 1. The fourth-order valence-electron chi connectivity index (χ4n) is 1.65. The maximum absolute atomic E-state index is 10.8. The van der Waals surface area contributed by atoms with Crippen molar-refractivity contribution in [3.63, 3.8) is 0 Å². The van der Waals surface area contributed by atoms with Gasteiger partial charge in [0.15, 0.2) is 11.7 Å². The summed E-state index contributed by atoms with van der Waals surface area (Å²) in [5.41, 5.74) is 10.9. The average molecular weight is 380 g/mol. The number of nitrogens with zero attached hydrogens (tertiary/aromatic N) is 2. The monoisotopic (exact) mass is 380 g/mol. The molecule has 1 aromatic rings. The van der Waals surface area contributed by atoms with Gasteiger partial charge in [-0.25, -0.2) is 4.99 Å². The van der Waals surface area contributed by atoms with E-state index in [1.807, 2.05) is 4.90 Å². The number of amides is 1. The molecule has 106 valence electrons. The Kier molecular flexibility index (Phi) is 6.09. The maximum Gasteiger partial charge on any atom is 0.284 e. The first kappa shape index (κ1) is 15.8. The predicted molar refractivity (Wildman–Crippen MR) is 80.4 cm³/mol. The number of hydrogen-bond acceptors (Lipinski definition) is 4. The van der Waals surface area contributed by atoms with Crippen LogP contribution in [0.4, 0.5) is 0 Å². The molecular weight excluding hydrogens is 363 g/mol. The van der Waals surface area contributed by atoms with Crippen molar-refractivity contribution in [3.8, 4) is 0 Å². The van der Waals surface area contributed by atoms with Crippen LogP contribution in [0.15, 0.2) is 21.5 Å². The highest BCUT2D eigenvalue weighted by Gasteiger charge is 2.12. The van der Waals surface area contributed by atoms with Gasteiger partial charge in [0.1, 0.15) is 12.3 Å². The topological polar surface area (TPSA) is 107 Å². The summed E-state index contributed by atoms with van der Waals surface area (Å²) in [5.74, 6) is 0.548. The van der Waals surface area contributed by atoms with Crippen LogP contribution in [0.25, 0.3) is 0 Å². The fraction of sp³-hybridized carbons (Fsp3) is 0.455. The van der Waals surface area contributed by atoms with E-state index in [4.69, 9.17) is 20.6 Å². The zero-order valence-electron chi connectivity index (χ0n) is 10.4. The van der Waals surface area contributed by atoms with Crippen molar-refractivity contribution in [2.45, 2.75) is 6.54 Å². The van der Waals surface area contributed by atoms with Gasteiger partial charge in [-0.1, -0.05) is 0 Å². The molecule has 1 aromatic heterocycles. The lowest BCUT2D eigenvalue weighted by Gasteiger charge is -2.27. The summed E-state index contributed by atoms with van der Waals surface area (Å²) in [6, 6.07) is 3.19. The van der Waals surface area contributed by atoms with Crippen LogP contribution in [-0.4, -0.2) is 43.1 Å². The molecule has 0 aliphatic carbocycles. The van der Waals surface area contributed by atoms with Gasteiger partial charge in [0.05, 0.1) is 13.2 Å². The van der Waals surface area contributed by atoms with E-state index in [0.717, 1.165) is 13.1 Å². The molecule has 0 bridgehead atoms. The first-order chi connectivity index (χ1) is 8.66. The molecule has 8 heteroatoms. The first-order valence-electron chi connectivity index (χ1n) is 5.68. The fourth-order valence-corrected chi connectivity index (χ4v) is 1.65. The van der Waals surface area contributed by atoms with E-state index < -0.39 is 5.91 Å². The molecule has 1 aliphatic rings. The second-order valence-corrected chi connectivity index (χ2v) is 3.90. The minimum absolute atomic E-state index is 0. The van der Waals surface area contributed by atoms with Crippen LogP contribution in [0.5, 0.6) is 0 Å². The second kappa shape index (κ2) is 7.34. The van der Waals surface area contributed by atoms with Crippen molar-refractivity contribution in [1.29, 1.82) is 0 Å². The van der Waals surface area contributed by atoms with Gasteiger partial charge in [0.2, 0.25) is 0 Å². The molecule has 1 amide bonds. The van der Waals surface area contributed by atoms with Gasteiger partial charge >= 0.3 is 0 Å². The lowest BCUT2D eigenvalue weighted by atomic mass is 10.4. The summed E-state index contributed by atoms with van der Waals surface area (Å²) >= 11 is 0. The van der Waals surface area contributed by atoms with Crippen molar-refractivity contribution in [1.82, 2.24) is 4.90 Å². The molecule has 0 atom stereocenters. The molecule has 4 N–H and O–H groups in total. The highest BCUT2D eigenvalue weighted by Crippen LogP contribution is 2.08. The number of hydrogen-bond donors (Lipinski definition) is 2. The molecule has 0 aromatic carbocycles. The number of nitrogens with two attached hydrogens (primary N) is 2. The van der Waals surface area contributed by atoms with Gasteiger partial charge in [0, 0.05) is 13.1 Å². The van der Waals surface area contributed by atoms with E-state index in [2.05, 4.69) is 4.99 Å². The third kappa shape index (κ3) is 4.39. The summed E-state index contributed by atoms with van der Waals surface area (Å²) in [6.45, 7) is 3.07. The van der Waals surface area contributed by atoms with E-state index in [9.17, 15) is 4.79 Å². The largest absolute Gasteiger partial charge is 0.454 e. The summed E-state index contributed by atoms with van der Waals surface area (Å²) in [5, 5.41) is 0. The van der Waals surface area contributed by atoms with Crippen LogP contribution in [0.3, 0.4) is 0 Å². The van der Waals surface area contributed by atoms with Gasteiger partial charge < -0.3 is 25.5 Å². The Morgan fingerprint density at radius 3 is 2.58 bits per heavy atom. The van der Waals surface area contributed by atoms with Crippen molar-refractivity contribution in [2.24, 2.45) is 16.5 Å². The summed E-state index contributed by atoms with van der Waals surface area (Å²) in [7, 11) is 0. The van der Waals surface area contributed by atoms with E-state index in [-0.39, 0.29) is 36.3 Å². The quantitative estimate of drug-likeness (QED) is 0.441. The zero-order valence-corrected chi connectivity index (χ0v) is 12.7. The van der Waals surface area contributed by atoms with E-state index in [1.54, 1.807) is 6.07 Å². The Morgan fingerprint density at radius 1 is 1.32 bits per heavy atom. The third-order valence-electron chi connectivity index (χ3n) is 2.64. The Morgan fingerprint density at radius 2 is 2.00 bits per heavy atom. The Balaban J connectivity index is 0.00000180. The lowest BCUT2D eigenvalue weighted by molar-refractivity contribution is 0.0674. The molecule has 2 heterocycles. The molecular formula is C11H17IN4O3. The molecule has 19 heavy (non-hydrogen) atoms. The number of halogens is 1. The molecule has 0 unspecified atom stereocenters. The first-order valence-corrected chi connectivity index (χ1v) is 5.68.